The zero-order chi connectivity index (χ0) is 13.5. The van der Waals surface area contributed by atoms with Crippen LogP contribution < -0.4 is 0 Å². The summed E-state index contributed by atoms with van der Waals surface area (Å²) in [6.07, 6.45) is 0. The number of nitrogens with zero attached hydrogens (tertiary/aromatic N) is 1. The van der Waals surface area contributed by atoms with E-state index >= 15 is 0 Å². The molecule has 1 aromatic rings. The number of carbonyl (C=O) groups is 1. The van der Waals surface area contributed by atoms with Crippen LogP contribution in [0.2, 0.25) is 5.02 Å². The maximum Gasteiger partial charge on any atom is 0.308 e. The van der Waals surface area contributed by atoms with Gasteiger partial charge in [-0.2, -0.15) is 4.31 Å². The second-order valence-corrected chi connectivity index (χ2v) is 7.76. The second kappa shape index (κ2) is 4.80. The summed E-state index contributed by atoms with van der Waals surface area (Å²) in [6, 6.07) is 1.52. The van der Waals surface area contributed by atoms with Gasteiger partial charge in [0.1, 0.15) is 0 Å². The lowest BCUT2D eigenvalue weighted by molar-refractivity contribution is -0.142. The maximum atomic E-state index is 12.3. The number of hydrogen-bond acceptors (Lipinski definition) is 4. The van der Waals surface area contributed by atoms with E-state index in [4.69, 9.17) is 16.7 Å². The zero-order valence-electron chi connectivity index (χ0n) is 9.54. The van der Waals surface area contributed by atoms with Gasteiger partial charge in [0.25, 0.3) is 10.0 Å². The highest BCUT2D eigenvalue weighted by atomic mass is 35.5. The molecule has 2 rings (SSSR count). The third-order valence-electron chi connectivity index (χ3n) is 3.05. The molecule has 2 heterocycles. The fourth-order valence-electron chi connectivity index (χ4n) is 2.02. The Morgan fingerprint density at radius 1 is 1.56 bits per heavy atom. The summed E-state index contributed by atoms with van der Waals surface area (Å²) in [5.74, 6) is -1.81. The van der Waals surface area contributed by atoms with E-state index in [1.165, 1.54) is 10.4 Å². The van der Waals surface area contributed by atoms with Crippen molar-refractivity contribution >= 4 is 38.9 Å². The Balaban J connectivity index is 2.29. The molecule has 8 heteroatoms. The van der Waals surface area contributed by atoms with E-state index in [0.29, 0.717) is 0 Å². The van der Waals surface area contributed by atoms with Crippen LogP contribution in [0.3, 0.4) is 0 Å². The van der Waals surface area contributed by atoms with Crippen molar-refractivity contribution in [3.05, 3.63) is 16.5 Å². The molecule has 0 unspecified atom stereocenters. The second-order valence-electron chi connectivity index (χ2n) is 4.30. The van der Waals surface area contributed by atoms with Gasteiger partial charge in [0.15, 0.2) is 4.21 Å². The van der Waals surface area contributed by atoms with Gasteiger partial charge in [-0.05, 0) is 17.4 Å². The molecule has 1 saturated heterocycles. The van der Waals surface area contributed by atoms with E-state index in [0.717, 1.165) is 11.3 Å². The van der Waals surface area contributed by atoms with Crippen LogP contribution in [0.15, 0.2) is 15.7 Å². The number of carboxylic acid groups (broad SMARTS) is 1. The summed E-state index contributed by atoms with van der Waals surface area (Å²) in [4.78, 5) is 11.0. The monoisotopic (exact) mass is 309 g/mol. The fourth-order valence-corrected chi connectivity index (χ4v) is 5.40. The van der Waals surface area contributed by atoms with Crippen molar-refractivity contribution in [2.24, 2.45) is 11.8 Å². The molecule has 0 saturated carbocycles. The van der Waals surface area contributed by atoms with Crippen LogP contribution in [-0.2, 0) is 14.8 Å². The molecule has 1 N–H and O–H groups in total. The first-order chi connectivity index (χ1) is 8.34. The molecule has 100 valence electrons. The molecule has 1 aliphatic rings. The highest BCUT2D eigenvalue weighted by Gasteiger charge is 2.41. The van der Waals surface area contributed by atoms with E-state index in [2.05, 4.69) is 0 Å². The third kappa shape index (κ3) is 2.27. The van der Waals surface area contributed by atoms with Crippen molar-refractivity contribution in [2.75, 3.05) is 13.1 Å². The van der Waals surface area contributed by atoms with Crippen molar-refractivity contribution < 1.29 is 18.3 Å². The molecule has 18 heavy (non-hydrogen) atoms. The number of aliphatic carboxylic acids is 1. The van der Waals surface area contributed by atoms with Gasteiger partial charge >= 0.3 is 5.97 Å². The summed E-state index contributed by atoms with van der Waals surface area (Å²) in [7, 11) is -3.67. The number of halogens is 1. The van der Waals surface area contributed by atoms with E-state index in [-0.39, 0.29) is 28.2 Å². The molecule has 0 aromatic carbocycles. The lowest BCUT2D eigenvalue weighted by atomic mass is 9.99. The molecule has 0 amide bonds. The predicted octanol–water partition coefficient (Wildman–Crippen LogP) is 1.74. The summed E-state index contributed by atoms with van der Waals surface area (Å²) >= 11 is 6.87. The standard InChI is InChI=1S/C10H12ClNO4S2/c1-6-4-12(5-7(6)9(13)14)18(15,16)10-8(11)2-3-17-10/h2-3,6-7H,4-5H2,1H3,(H,13,14)/t6-,7-/m1/s1. The van der Waals surface area contributed by atoms with E-state index in [1.54, 1.807) is 12.3 Å². The Kier molecular flexibility index (Phi) is 3.68. The average Bonchev–Trinajstić information content (AvgIpc) is 2.84. The lowest BCUT2D eigenvalue weighted by Crippen LogP contribution is -2.29. The average molecular weight is 310 g/mol. The molecule has 2 atom stereocenters. The Hall–Kier alpha value is -0.630. The topological polar surface area (TPSA) is 74.7 Å². The fraction of sp³-hybridized carbons (Fsp3) is 0.500. The minimum Gasteiger partial charge on any atom is -0.481 e. The minimum absolute atomic E-state index is 0.00701. The summed E-state index contributed by atoms with van der Waals surface area (Å²) in [5, 5.41) is 10.8. The normalized spacial score (nSPS) is 25.4. The highest BCUT2D eigenvalue weighted by molar-refractivity contribution is 7.91. The predicted molar refractivity (Wildman–Crippen MR) is 68.4 cm³/mol. The van der Waals surface area contributed by atoms with Gasteiger partial charge in [0.05, 0.1) is 10.9 Å². The minimum atomic E-state index is -3.67. The first-order valence-electron chi connectivity index (χ1n) is 5.30. The quantitative estimate of drug-likeness (QED) is 0.923. The molecule has 5 nitrogen and oxygen atoms in total. The molecular formula is C10H12ClNO4S2. The first kappa shape index (κ1) is 13.8. The number of thiophene rings is 1. The molecule has 0 radical (unpaired) electrons. The molecular weight excluding hydrogens is 298 g/mol. The Morgan fingerprint density at radius 3 is 2.67 bits per heavy atom. The summed E-state index contributed by atoms with van der Waals surface area (Å²) < 4.78 is 25.9. The molecule has 1 aromatic heterocycles. The van der Waals surface area contributed by atoms with Crippen molar-refractivity contribution in [2.45, 2.75) is 11.1 Å². The van der Waals surface area contributed by atoms with Gasteiger partial charge in [-0.1, -0.05) is 18.5 Å². The van der Waals surface area contributed by atoms with Gasteiger partial charge in [0, 0.05) is 13.1 Å². The number of hydrogen-bond donors (Lipinski definition) is 1. The number of carboxylic acids is 1. The van der Waals surface area contributed by atoms with Gasteiger partial charge < -0.3 is 5.11 Å². The van der Waals surface area contributed by atoms with Crippen molar-refractivity contribution in [3.63, 3.8) is 0 Å². The zero-order valence-corrected chi connectivity index (χ0v) is 11.9. The van der Waals surface area contributed by atoms with Gasteiger partial charge in [-0.15, -0.1) is 11.3 Å². The van der Waals surface area contributed by atoms with Crippen LogP contribution in [0.1, 0.15) is 6.92 Å². The van der Waals surface area contributed by atoms with Crippen LogP contribution in [0, 0.1) is 11.8 Å². The van der Waals surface area contributed by atoms with Gasteiger partial charge in [0.2, 0.25) is 0 Å². The van der Waals surface area contributed by atoms with E-state index in [9.17, 15) is 13.2 Å². The van der Waals surface area contributed by atoms with Crippen LogP contribution in [0.4, 0.5) is 0 Å². The van der Waals surface area contributed by atoms with Gasteiger partial charge in [-0.25, -0.2) is 8.42 Å². The highest BCUT2D eigenvalue weighted by Crippen LogP contribution is 2.34. The summed E-state index contributed by atoms with van der Waals surface area (Å²) in [5.41, 5.74) is 0. The Morgan fingerprint density at radius 2 is 2.22 bits per heavy atom. The molecule has 1 fully saturated rings. The Labute approximate surface area is 114 Å². The van der Waals surface area contributed by atoms with Crippen LogP contribution >= 0.6 is 22.9 Å². The first-order valence-corrected chi connectivity index (χ1v) is 7.99. The number of rotatable bonds is 3. The molecule has 0 spiro atoms. The van der Waals surface area contributed by atoms with E-state index in [1.807, 2.05) is 0 Å². The van der Waals surface area contributed by atoms with E-state index < -0.39 is 21.9 Å². The van der Waals surface area contributed by atoms with Gasteiger partial charge in [-0.3, -0.25) is 4.79 Å². The molecule has 1 aliphatic heterocycles. The van der Waals surface area contributed by atoms with Crippen molar-refractivity contribution in [1.29, 1.82) is 0 Å². The van der Waals surface area contributed by atoms with Crippen molar-refractivity contribution in [1.82, 2.24) is 4.31 Å². The van der Waals surface area contributed by atoms with Crippen LogP contribution in [-0.4, -0.2) is 36.9 Å². The van der Waals surface area contributed by atoms with Crippen LogP contribution in [0.5, 0.6) is 0 Å². The Bertz CT molecular complexity index is 568. The SMILES string of the molecule is C[C@@H]1CN(S(=O)(=O)c2sccc2Cl)C[C@H]1C(=O)O. The lowest BCUT2D eigenvalue weighted by Gasteiger charge is -2.14. The third-order valence-corrected chi connectivity index (χ3v) is 6.89. The van der Waals surface area contributed by atoms with Crippen LogP contribution in [0.25, 0.3) is 0 Å². The molecule has 0 bridgehead atoms. The maximum absolute atomic E-state index is 12.3. The van der Waals surface area contributed by atoms with Crippen molar-refractivity contribution in [3.8, 4) is 0 Å². The molecule has 0 aliphatic carbocycles. The summed E-state index contributed by atoms with van der Waals surface area (Å²) in [6.45, 7) is 1.96. The number of sulfonamides is 1. The largest absolute Gasteiger partial charge is 0.481 e. The smallest absolute Gasteiger partial charge is 0.308 e.